The van der Waals surface area contributed by atoms with Gasteiger partial charge in [-0.05, 0) is 32.2 Å². The summed E-state index contributed by atoms with van der Waals surface area (Å²) in [7, 11) is 0. The maximum Gasteiger partial charge on any atom is 0.293 e. The van der Waals surface area contributed by atoms with Gasteiger partial charge in [-0.3, -0.25) is 14.3 Å². The van der Waals surface area contributed by atoms with Gasteiger partial charge in [-0.2, -0.15) is 10.2 Å². The lowest BCUT2D eigenvalue weighted by molar-refractivity contribution is -0.136. The first-order chi connectivity index (χ1) is 13.4. The summed E-state index contributed by atoms with van der Waals surface area (Å²) in [5, 5.41) is 11.7. The van der Waals surface area contributed by atoms with Crippen LogP contribution in [0.1, 0.15) is 20.8 Å². The summed E-state index contributed by atoms with van der Waals surface area (Å²) in [6.07, 6.45) is 1.69. The zero-order valence-corrected chi connectivity index (χ0v) is 17.0. The van der Waals surface area contributed by atoms with Crippen LogP contribution in [0.15, 0.2) is 28.5 Å². The van der Waals surface area contributed by atoms with E-state index in [2.05, 4.69) is 10.2 Å². The number of thiophene rings is 1. The molecule has 1 fully saturated rings. The van der Waals surface area contributed by atoms with E-state index in [0.717, 1.165) is 4.88 Å². The van der Waals surface area contributed by atoms with E-state index in [0.29, 0.717) is 42.9 Å². The second kappa shape index (κ2) is 7.14. The normalized spacial score (nSPS) is 15.3. The quantitative estimate of drug-likeness (QED) is 0.670. The van der Waals surface area contributed by atoms with E-state index in [1.165, 1.54) is 4.68 Å². The van der Waals surface area contributed by atoms with Crippen molar-refractivity contribution in [3.63, 3.8) is 0 Å². The topological polar surface area (TPSA) is 82.2 Å². The zero-order chi connectivity index (χ0) is 19.9. The van der Waals surface area contributed by atoms with Crippen LogP contribution in [0, 0.1) is 0 Å². The monoisotopic (exact) mass is 401 g/mol. The van der Waals surface area contributed by atoms with Crippen molar-refractivity contribution >= 4 is 28.1 Å². The van der Waals surface area contributed by atoms with E-state index in [4.69, 9.17) is 4.74 Å². The molecule has 0 aromatic carbocycles. The molecule has 1 aliphatic heterocycles. The third-order valence-electron chi connectivity index (χ3n) is 4.72. The lowest BCUT2D eigenvalue weighted by Crippen LogP contribution is -2.44. The van der Waals surface area contributed by atoms with Gasteiger partial charge in [-0.1, -0.05) is 6.07 Å². The first-order valence-electron chi connectivity index (χ1n) is 9.25. The van der Waals surface area contributed by atoms with Crippen molar-refractivity contribution in [3.05, 3.63) is 34.1 Å². The van der Waals surface area contributed by atoms with Crippen LogP contribution in [0.2, 0.25) is 0 Å². The van der Waals surface area contributed by atoms with Gasteiger partial charge in [0.05, 0.1) is 35.2 Å². The first kappa shape index (κ1) is 18.8. The minimum Gasteiger partial charge on any atom is -0.378 e. The molecule has 0 atom stereocenters. The number of rotatable bonds is 3. The predicted octanol–water partition coefficient (Wildman–Crippen LogP) is 1.94. The van der Waals surface area contributed by atoms with Crippen LogP contribution in [0.25, 0.3) is 21.5 Å². The average molecular weight is 401 g/mol. The number of hydrogen-bond acceptors (Lipinski definition) is 6. The maximum absolute atomic E-state index is 13.2. The SMILES string of the molecule is CC(C)(C)n1ncc2c(-c3cccs3)nn(CC(=O)N3CCOCC3)c(=O)c21. The molecule has 0 aliphatic carbocycles. The second-order valence-corrected chi connectivity index (χ2v) is 8.72. The largest absolute Gasteiger partial charge is 0.378 e. The number of fused-ring (bicyclic) bond motifs is 1. The first-order valence-corrected chi connectivity index (χ1v) is 10.1. The third kappa shape index (κ3) is 3.35. The number of carbonyl (C=O) groups is 1. The Bertz CT molecular complexity index is 1060. The Balaban J connectivity index is 1.85. The summed E-state index contributed by atoms with van der Waals surface area (Å²) >= 11 is 1.54. The molecule has 0 N–H and O–H groups in total. The molecule has 1 amide bonds. The van der Waals surface area contributed by atoms with Gasteiger partial charge in [-0.25, -0.2) is 4.68 Å². The Morgan fingerprint density at radius 1 is 1.29 bits per heavy atom. The van der Waals surface area contributed by atoms with E-state index in [9.17, 15) is 9.59 Å². The number of carbonyl (C=O) groups excluding carboxylic acids is 1. The number of amides is 1. The molecule has 0 saturated carbocycles. The number of ether oxygens (including phenoxy) is 1. The molecule has 8 nitrogen and oxygen atoms in total. The highest BCUT2D eigenvalue weighted by molar-refractivity contribution is 7.13. The number of hydrogen-bond donors (Lipinski definition) is 0. The molecule has 148 valence electrons. The maximum atomic E-state index is 13.2. The molecular formula is C19H23N5O3S. The summed E-state index contributed by atoms with van der Waals surface area (Å²) in [4.78, 5) is 28.6. The minimum absolute atomic E-state index is 0.0948. The predicted molar refractivity (Wildman–Crippen MR) is 107 cm³/mol. The number of aromatic nitrogens is 4. The van der Waals surface area contributed by atoms with Crippen molar-refractivity contribution in [1.82, 2.24) is 24.5 Å². The van der Waals surface area contributed by atoms with Crippen LogP contribution in [-0.4, -0.2) is 56.7 Å². The van der Waals surface area contributed by atoms with Gasteiger partial charge >= 0.3 is 0 Å². The fourth-order valence-corrected chi connectivity index (χ4v) is 4.05. The Kier molecular flexibility index (Phi) is 4.80. The van der Waals surface area contributed by atoms with Crippen LogP contribution in [-0.2, 0) is 21.6 Å². The summed E-state index contributed by atoms with van der Waals surface area (Å²) in [6.45, 7) is 7.99. The van der Waals surface area contributed by atoms with E-state index < -0.39 is 0 Å². The van der Waals surface area contributed by atoms with E-state index in [1.54, 1.807) is 27.1 Å². The lowest BCUT2D eigenvalue weighted by Gasteiger charge is -2.27. The molecule has 4 rings (SSSR count). The van der Waals surface area contributed by atoms with Crippen molar-refractivity contribution in [3.8, 4) is 10.6 Å². The second-order valence-electron chi connectivity index (χ2n) is 7.77. The van der Waals surface area contributed by atoms with Crippen molar-refractivity contribution in [2.45, 2.75) is 32.9 Å². The van der Waals surface area contributed by atoms with Crippen molar-refractivity contribution in [1.29, 1.82) is 0 Å². The van der Waals surface area contributed by atoms with Gasteiger partial charge in [0.1, 0.15) is 17.8 Å². The fourth-order valence-electron chi connectivity index (χ4n) is 3.32. The standard InChI is InChI=1S/C19H23N5O3S/c1-19(2,3)24-17-13(11-20-24)16(14-5-4-10-28-14)21-23(18(17)26)12-15(25)22-6-8-27-9-7-22/h4-5,10-11H,6-9,12H2,1-3H3. The Labute approximate surface area is 166 Å². The van der Waals surface area contributed by atoms with Crippen LogP contribution in [0.3, 0.4) is 0 Å². The van der Waals surface area contributed by atoms with Gasteiger partial charge in [0.2, 0.25) is 5.91 Å². The van der Waals surface area contributed by atoms with E-state index in [-0.39, 0.29) is 23.6 Å². The number of morpholine rings is 1. The highest BCUT2D eigenvalue weighted by Gasteiger charge is 2.25. The molecule has 0 radical (unpaired) electrons. The summed E-state index contributed by atoms with van der Waals surface area (Å²) in [5.74, 6) is -0.129. The van der Waals surface area contributed by atoms with E-state index in [1.807, 2.05) is 38.3 Å². The lowest BCUT2D eigenvalue weighted by atomic mass is 10.1. The molecule has 28 heavy (non-hydrogen) atoms. The molecule has 0 bridgehead atoms. The minimum atomic E-state index is -0.374. The Morgan fingerprint density at radius 2 is 2.04 bits per heavy atom. The van der Waals surface area contributed by atoms with E-state index >= 15 is 0 Å². The van der Waals surface area contributed by atoms with Crippen LogP contribution < -0.4 is 5.56 Å². The Hall–Kier alpha value is -2.52. The van der Waals surface area contributed by atoms with Gasteiger partial charge in [0, 0.05) is 13.1 Å². The average Bonchev–Trinajstić information content (AvgIpc) is 3.34. The highest BCUT2D eigenvalue weighted by atomic mass is 32.1. The molecule has 0 spiro atoms. The summed E-state index contributed by atoms with van der Waals surface area (Å²) < 4.78 is 8.30. The molecular weight excluding hydrogens is 378 g/mol. The van der Waals surface area contributed by atoms with Crippen LogP contribution >= 0.6 is 11.3 Å². The molecule has 3 aromatic rings. The van der Waals surface area contributed by atoms with Crippen LogP contribution in [0.4, 0.5) is 0 Å². The molecule has 1 saturated heterocycles. The molecule has 9 heteroatoms. The van der Waals surface area contributed by atoms with Gasteiger partial charge < -0.3 is 9.64 Å². The molecule has 1 aliphatic rings. The summed E-state index contributed by atoms with van der Waals surface area (Å²) in [5.41, 5.74) is 0.473. The molecule has 3 aromatic heterocycles. The van der Waals surface area contributed by atoms with Crippen molar-refractivity contribution in [2.75, 3.05) is 26.3 Å². The number of nitrogens with zero attached hydrogens (tertiary/aromatic N) is 5. The molecule has 0 unspecified atom stereocenters. The smallest absolute Gasteiger partial charge is 0.293 e. The van der Waals surface area contributed by atoms with Crippen LogP contribution in [0.5, 0.6) is 0 Å². The van der Waals surface area contributed by atoms with Gasteiger partial charge in [0.15, 0.2) is 0 Å². The third-order valence-corrected chi connectivity index (χ3v) is 5.60. The van der Waals surface area contributed by atoms with Gasteiger partial charge in [0.25, 0.3) is 5.56 Å². The van der Waals surface area contributed by atoms with Crippen molar-refractivity contribution < 1.29 is 9.53 Å². The Morgan fingerprint density at radius 3 is 2.68 bits per heavy atom. The zero-order valence-electron chi connectivity index (χ0n) is 16.2. The van der Waals surface area contributed by atoms with Crippen molar-refractivity contribution in [2.24, 2.45) is 0 Å². The summed E-state index contributed by atoms with van der Waals surface area (Å²) in [6, 6.07) is 3.90. The molecule has 4 heterocycles. The van der Waals surface area contributed by atoms with Gasteiger partial charge in [-0.15, -0.1) is 11.3 Å². The fraction of sp³-hybridized carbons (Fsp3) is 0.474. The highest BCUT2D eigenvalue weighted by Crippen LogP contribution is 2.30.